The monoisotopic (exact) mass is 554 g/mol. The summed E-state index contributed by atoms with van der Waals surface area (Å²) in [6.45, 7) is 6.40. The molecule has 0 saturated carbocycles. The number of aliphatic imine (C=N–C) groups is 1. The van der Waals surface area contributed by atoms with Crippen molar-refractivity contribution >= 4 is 40.0 Å². The van der Waals surface area contributed by atoms with Gasteiger partial charge in [-0.3, -0.25) is 0 Å². The molecule has 1 heterocycles. The van der Waals surface area contributed by atoms with E-state index in [0.29, 0.717) is 32.2 Å². The number of hydrogen-bond acceptors (Lipinski definition) is 5. The van der Waals surface area contributed by atoms with Crippen molar-refractivity contribution in [1.29, 1.82) is 0 Å². The molecule has 0 aromatic heterocycles. The molecule has 0 bridgehead atoms. The summed E-state index contributed by atoms with van der Waals surface area (Å²) in [6, 6.07) is 5.98. The van der Waals surface area contributed by atoms with Gasteiger partial charge in [-0.05, 0) is 44.7 Å². The minimum absolute atomic E-state index is 0. The molecule has 1 aromatic carbocycles. The zero-order valence-electron chi connectivity index (χ0n) is 18.1. The molecule has 1 unspecified atom stereocenters. The van der Waals surface area contributed by atoms with Crippen LogP contribution in [0, 0.1) is 6.92 Å². The molecule has 1 aromatic rings. The SMILES string of the molecule is CCNC(=NCc1ccc(C)cc1OC)NCCS(=O)(=O)NCC1CCCCO1.I. The molecule has 1 aliphatic heterocycles. The number of methoxy groups -OCH3 is 1. The van der Waals surface area contributed by atoms with Crippen LogP contribution < -0.4 is 20.1 Å². The van der Waals surface area contributed by atoms with E-state index < -0.39 is 10.0 Å². The Balaban J connectivity index is 0.00000450. The highest BCUT2D eigenvalue weighted by Gasteiger charge is 2.17. The van der Waals surface area contributed by atoms with Crippen molar-refractivity contribution in [1.82, 2.24) is 15.4 Å². The average Bonchev–Trinajstić information content (AvgIpc) is 2.72. The van der Waals surface area contributed by atoms with E-state index in [1.54, 1.807) is 7.11 Å². The summed E-state index contributed by atoms with van der Waals surface area (Å²) >= 11 is 0. The van der Waals surface area contributed by atoms with Crippen LogP contribution in [0.3, 0.4) is 0 Å². The highest BCUT2D eigenvalue weighted by Crippen LogP contribution is 2.20. The summed E-state index contributed by atoms with van der Waals surface area (Å²) in [5.74, 6) is 1.33. The number of rotatable bonds is 10. The second kappa shape index (κ2) is 14.0. The number of halogens is 1. The summed E-state index contributed by atoms with van der Waals surface area (Å²) in [5, 5.41) is 6.22. The molecule has 0 radical (unpaired) electrons. The Bertz CT molecular complexity index is 768. The quantitative estimate of drug-likeness (QED) is 0.233. The van der Waals surface area contributed by atoms with Crippen LogP contribution in [-0.2, 0) is 21.3 Å². The molecule has 10 heteroatoms. The molecular weight excluding hydrogens is 519 g/mol. The third-order valence-corrected chi connectivity index (χ3v) is 6.01. The predicted octanol–water partition coefficient (Wildman–Crippen LogP) is 2.17. The van der Waals surface area contributed by atoms with E-state index >= 15 is 0 Å². The van der Waals surface area contributed by atoms with Gasteiger partial charge in [0.2, 0.25) is 10.0 Å². The molecule has 30 heavy (non-hydrogen) atoms. The first-order valence-electron chi connectivity index (χ1n) is 10.2. The number of ether oxygens (including phenoxy) is 2. The van der Waals surface area contributed by atoms with Crippen molar-refractivity contribution in [2.45, 2.75) is 45.8 Å². The number of guanidine groups is 1. The lowest BCUT2D eigenvalue weighted by molar-refractivity contribution is 0.0200. The first-order valence-corrected chi connectivity index (χ1v) is 11.8. The highest BCUT2D eigenvalue weighted by atomic mass is 127. The average molecular weight is 554 g/mol. The third-order valence-electron chi connectivity index (χ3n) is 4.66. The van der Waals surface area contributed by atoms with E-state index in [0.717, 1.165) is 36.1 Å². The topological polar surface area (TPSA) is 101 Å². The first kappa shape index (κ1) is 26.9. The number of nitrogens with one attached hydrogen (secondary N) is 3. The normalized spacial score (nSPS) is 17.2. The van der Waals surface area contributed by atoms with Crippen molar-refractivity contribution in [2.75, 3.05) is 39.1 Å². The van der Waals surface area contributed by atoms with Gasteiger partial charge in [-0.15, -0.1) is 24.0 Å². The second-order valence-corrected chi connectivity index (χ2v) is 9.02. The van der Waals surface area contributed by atoms with Gasteiger partial charge in [0, 0.05) is 31.8 Å². The smallest absolute Gasteiger partial charge is 0.213 e. The van der Waals surface area contributed by atoms with Crippen LogP contribution in [-0.4, -0.2) is 59.6 Å². The van der Waals surface area contributed by atoms with Crippen molar-refractivity contribution in [2.24, 2.45) is 4.99 Å². The highest BCUT2D eigenvalue weighted by molar-refractivity contribution is 14.0. The molecule has 0 aliphatic carbocycles. The van der Waals surface area contributed by atoms with Crippen LogP contribution in [0.2, 0.25) is 0 Å². The van der Waals surface area contributed by atoms with Crippen molar-refractivity contribution in [3.63, 3.8) is 0 Å². The van der Waals surface area contributed by atoms with Gasteiger partial charge in [0.25, 0.3) is 0 Å². The Morgan fingerprint density at radius 2 is 2.10 bits per heavy atom. The molecule has 1 saturated heterocycles. The van der Waals surface area contributed by atoms with Crippen molar-refractivity contribution < 1.29 is 17.9 Å². The minimum Gasteiger partial charge on any atom is -0.496 e. The zero-order valence-corrected chi connectivity index (χ0v) is 21.2. The lowest BCUT2D eigenvalue weighted by atomic mass is 10.1. The molecule has 0 spiro atoms. The van der Waals surface area contributed by atoms with Gasteiger partial charge < -0.3 is 20.1 Å². The number of nitrogens with zero attached hydrogens (tertiary/aromatic N) is 1. The molecule has 1 aliphatic rings. The van der Waals surface area contributed by atoms with E-state index in [1.165, 1.54) is 0 Å². The Morgan fingerprint density at radius 3 is 2.77 bits per heavy atom. The van der Waals surface area contributed by atoms with E-state index in [1.807, 2.05) is 32.0 Å². The molecule has 0 amide bonds. The summed E-state index contributed by atoms with van der Waals surface area (Å²) in [4.78, 5) is 4.54. The molecule has 1 atom stereocenters. The predicted molar refractivity (Wildman–Crippen MR) is 131 cm³/mol. The molecule has 8 nitrogen and oxygen atoms in total. The van der Waals surface area contributed by atoms with Crippen molar-refractivity contribution in [3.8, 4) is 5.75 Å². The van der Waals surface area contributed by atoms with Crippen molar-refractivity contribution in [3.05, 3.63) is 29.3 Å². The fourth-order valence-electron chi connectivity index (χ4n) is 3.05. The summed E-state index contributed by atoms with van der Waals surface area (Å²) in [6.07, 6.45) is 3.02. The summed E-state index contributed by atoms with van der Waals surface area (Å²) in [5.41, 5.74) is 2.09. The van der Waals surface area contributed by atoms with Gasteiger partial charge in [-0.2, -0.15) is 0 Å². The van der Waals surface area contributed by atoms with Crippen LogP contribution in [0.25, 0.3) is 0 Å². The summed E-state index contributed by atoms with van der Waals surface area (Å²) < 4.78 is 38.1. The lowest BCUT2D eigenvalue weighted by Crippen LogP contribution is -2.42. The summed E-state index contributed by atoms with van der Waals surface area (Å²) in [7, 11) is -1.73. The van der Waals surface area contributed by atoms with E-state index in [-0.39, 0.29) is 42.4 Å². The van der Waals surface area contributed by atoms with Crippen LogP contribution in [0.1, 0.15) is 37.3 Å². The number of benzene rings is 1. The molecule has 3 N–H and O–H groups in total. The molecule has 172 valence electrons. The first-order chi connectivity index (χ1) is 13.9. The van der Waals surface area contributed by atoms with Gasteiger partial charge >= 0.3 is 0 Å². The van der Waals surface area contributed by atoms with E-state index in [9.17, 15) is 8.42 Å². The molecular formula is C20H35IN4O4S. The maximum atomic E-state index is 12.2. The molecule has 1 fully saturated rings. The van der Waals surface area contributed by atoms with Crippen LogP contribution in [0.4, 0.5) is 0 Å². The van der Waals surface area contributed by atoms with Crippen LogP contribution in [0.5, 0.6) is 5.75 Å². The third kappa shape index (κ3) is 9.80. The number of aryl methyl sites for hydroxylation is 1. The maximum Gasteiger partial charge on any atom is 0.213 e. The Kier molecular flexibility index (Phi) is 12.6. The van der Waals surface area contributed by atoms with E-state index in [4.69, 9.17) is 9.47 Å². The van der Waals surface area contributed by atoms with Gasteiger partial charge in [0.05, 0.1) is 25.5 Å². The minimum atomic E-state index is -3.37. The Labute approximate surface area is 197 Å². The van der Waals surface area contributed by atoms with Gasteiger partial charge in [0.15, 0.2) is 5.96 Å². The standard InChI is InChI=1S/C20H34N4O4S.HI/c1-4-21-20(23-14-17-9-8-16(2)13-19(17)27-3)22-10-12-29(25,26)24-15-18-7-5-6-11-28-18;/h8-9,13,18,24H,4-7,10-12,14-15H2,1-3H3,(H2,21,22,23);1H. The number of sulfonamides is 1. The fourth-order valence-corrected chi connectivity index (χ4v) is 4.01. The van der Waals surface area contributed by atoms with Gasteiger partial charge in [0.1, 0.15) is 5.75 Å². The Morgan fingerprint density at radius 1 is 1.30 bits per heavy atom. The Hall–Kier alpha value is -1.11. The zero-order chi connectivity index (χ0) is 21.1. The van der Waals surface area contributed by atoms with Gasteiger partial charge in [-0.1, -0.05) is 12.1 Å². The van der Waals surface area contributed by atoms with Crippen LogP contribution in [0.15, 0.2) is 23.2 Å². The lowest BCUT2D eigenvalue weighted by Gasteiger charge is -2.22. The van der Waals surface area contributed by atoms with Gasteiger partial charge in [-0.25, -0.2) is 18.1 Å². The number of hydrogen-bond donors (Lipinski definition) is 3. The van der Waals surface area contributed by atoms with E-state index in [2.05, 4.69) is 20.3 Å². The molecule has 2 rings (SSSR count). The maximum absolute atomic E-state index is 12.2. The second-order valence-electron chi connectivity index (χ2n) is 7.09. The fraction of sp³-hybridized carbons (Fsp3) is 0.650. The largest absolute Gasteiger partial charge is 0.496 e. The van der Waals surface area contributed by atoms with Crippen LogP contribution >= 0.6 is 24.0 Å².